The first-order valence-electron chi connectivity index (χ1n) is 7.90. The molecule has 3 aliphatic rings. The highest BCUT2D eigenvalue weighted by Crippen LogP contribution is 2.43. The number of rotatable bonds is 3. The highest BCUT2D eigenvalue weighted by atomic mass is 15.4. The average molecular weight is 251 g/mol. The molecule has 0 saturated carbocycles. The lowest BCUT2D eigenvalue weighted by atomic mass is 9.84. The molecule has 104 valence electrons. The molecule has 0 radical (unpaired) electrons. The summed E-state index contributed by atoms with van der Waals surface area (Å²) >= 11 is 0. The third-order valence-corrected chi connectivity index (χ3v) is 5.81. The van der Waals surface area contributed by atoms with E-state index in [1.54, 1.807) is 0 Å². The third-order valence-electron chi connectivity index (χ3n) is 5.81. The number of hydrogen-bond acceptors (Lipinski definition) is 3. The van der Waals surface area contributed by atoms with E-state index in [0.29, 0.717) is 5.54 Å². The fourth-order valence-corrected chi connectivity index (χ4v) is 4.94. The Morgan fingerprint density at radius 3 is 2.67 bits per heavy atom. The van der Waals surface area contributed by atoms with Crippen LogP contribution in [0.3, 0.4) is 0 Å². The topological polar surface area (TPSA) is 32.5 Å². The van der Waals surface area contributed by atoms with E-state index >= 15 is 0 Å². The number of fused-ring (bicyclic) bond motifs is 1. The minimum absolute atomic E-state index is 0.307. The summed E-state index contributed by atoms with van der Waals surface area (Å²) in [6.07, 6.45) is 6.81. The highest BCUT2D eigenvalue weighted by Gasteiger charge is 2.54. The van der Waals surface area contributed by atoms with Crippen LogP contribution in [0.2, 0.25) is 0 Å². The van der Waals surface area contributed by atoms with Crippen molar-refractivity contribution in [2.75, 3.05) is 26.2 Å². The average Bonchev–Trinajstić information content (AvgIpc) is 3.04. The van der Waals surface area contributed by atoms with E-state index in [1.807, 2.05) is 0 Å². The molecule has 3 heteroatoms. The molecule has 3 saturated heterocycles. The molecular weight excluding hydrogens is 222 g/mol. The van der Waals surface area contributed by atoms with Crippen LogP contribution in [0.25, 0.3) is 0 Å². The van der Waals surface area contributed by atoms with E-state index < -0.39 is 0 Å². The van der Waals surface area contributed by atoms with Crippen molar-refractivity contribution in [1.29, 1.82) is 0 Å². The molecule has 0 spiro atoms. The van der Waals surface area contributed by atoms with E-state index in [1.165, 1.54) is 51.7 Å². The first kappa shape index (κ1) is 12.9. The zero-order valence-electron chi connectivity index (χ0n) is 12.1. The molecule has 3 rings (SSSR count). The third kappa shape index (κ3) is 1.75. The number of hydrogen-bond donors (Lipinski definition) is 1. The molecule has 3 atom stereocenters. The maximum atomic E-state index is 6.30. The molecule has 0 bridgehead atoms. The summed E-state index contributed by atoms with van der Waals surface area (Å²) in [5.41, 5.74) is 6.61. The lowest BCUT2D eigenvalue weighted by Gasteiger charge is -2.46. The Morgan fingerprint density at radius 1 is 1.17 bits per heavy atom. The highest BCUT2D eigenvalue weighted by molar-refractivity contribution is 5.12. The first-order chi connectivity index (χ1) is 8.69. The van der Waals surface area contributed by atoms with E-state index in [2.05, 4.69) is 23.6 Å². The van der Waals surface area contributed by atoms with Crippen molar-refractivity contribution in [3.05, 3.63) is 0 Å². The first-order valence-corrected chi connectivity index (χ1v) is 7.90. The molecule has 2 N–H and O–H groups in total. The summed E-state index contributed by atoms with van der Waals surface area (Å²) in [6, 6.07) is 1.52. The van der Waals surface area contributed by atoms with Crippen molar-refractivity contribution < 1.29 is 0 Å². The Morgan fingerprint density at radius 2 is 1.94 bits per heavy atom. The second-order valence-corrected chi connectivity index (χ2v) is 6.90. The van der Waals surface area contributed by atoms with Gasteiger partial charge < -0.3 is 5.73 Å². The van der Waals surface area contributed by atoms with Gasteiger partial charge in [-0.25, -0.2) is 0 Å². The molecule has 0 aromatic carbocycles. The van der Waals surface area contributed by atoms with Crippen molar-refractivity contribution in [3.8, 4) is 0 Å². The van der Waals surface area contributed by atoms with Gasteiger partial charge >= 0.3 is 0 Å². The van der Waals surface area contributed by atoms with Crippen LogP contribution in [0.1, 0.15) is 46.0 Å². The smallest absolute Gasteiger partial charge is 0.0501 e. The largest absolute Gasteiger partial charge is 0.329 e. The quantitative estimate of drug-likeness (QED) is 0.828. The minimum atomic E-state index is 0.307. The van der Waals surface area contributed by atoms with Gasteiger partial charge in [0.15, 0.2) is 0 Å². The van der Waals surface area contributed by atoms with Gasteiger partial charge in [0.1, 0.15) is 0 Å². The Hall–Kier alpha value is -0.120. The van der Waals surface area contributed by atoms with Gasteiger partial charge in [-0.05, 0) is 51.1 Å². The van der Waals surface area contributed by atoms with E-state index in [9.17, 15) is 0 Å². The van der Waals surface area contributed by atoms with Crippen molar-refractivity contribution >= 4 is 0 Å². The summed E-state index contributed by atoms with van der Waals surface area (Å²) in [5, 5.41) is 0. The molecule has 0 aromatic heterocycles. The molecule has 3 fully saturated rings. The number of nitrogens with two attached hydrogens (primary N) is 1. The maximum absolute atomic E-state index is 6.30. The summed E-state index contributed by atoms with van der Waals surface area (Å²) < 4.78 is 0. The molecule has 3 aliphatic heterocycles. The van der Waals surface area contributed by atoms with Gasteiger partial charge in [-0.15, -0.1) is 0 Å². The summed E-state index contributed by atoms with van der Waals surface area (Å²) in [4.78, 5) is 5.54. The fraction of sp³-hybridized carbons (Fsp3) is 1.00. The van der Waals surface area contributed by atoms with Crippen molar-refractivity contribution in [2.45, 2.75) is 63.6 Å². The van der Waals surface area contributed by atoms with Crippen LogP contribution in [0.15, 0.2) is 0 Å². The van der Waals surface area contributed by atoms with Crippen LogP contribution in [0.5, 0.6) is 0 Å². The zero-order valence-corrected chi connectivity index (χ0v) is 12.1. The van der Waals surface area contributed by atoms with E-state index in [4.69, 9.17) is 5.73 Å². The Bertz CT molecular complexity index is 304. The number of likely N-dealkylation sites (tertiary alicyclic amines) is 1. The van der Waals surface area contributed by atoms with Crippen molar-refractivity contribution in [1.82, 2.24) is 9.80 Å². The monoisotopic (exact) mass is 251 g/mol. The van der Waals surface area contributed by atoms with Crippen LogP contribution >= 0.6 is 0 Å². The van der Waals surface area contributed by atoms with Gasteiger partial charge in [-0.1, -0.05) is 13.8 Å². The fourth-order valence-electron chi connectivity index (χ4n) is 4.94. The molecule has 3 unspecified atom stereocenters. The molecule has 3 heterocycles. The molecule has 18 heavy (non-hydrogen) atoms. The van der Waals surface area contributed by atoms with Crippen LogP contribution < -0.4 is 5.73 Å². The van der Waals surface area contributed by atoms with Crippen molar-refractivity contribution in [3.63, 3.8) is 0 Å². The van der Waals surface area contributed by atoms with Crippen LogP contribution in [0.4, 0.5) is 0 Å². The molecule has 0 amide bonds. The van der Waals surface area contributed by atoms with Gasteiger partial charge in [-0.2, -0.15) is 0 Å². The van der Waals surface area contributed by atoms with Gasteiger partial charge in [0.05, 0.1) is 5.54 Å². The molecule has 0 aromatic rings. The second kappa shape index (κ2) is 4.77. The van der Waals surface area contributed by atoms with Gasteiger partial charge in [0.2, 0.25) is 0 Å². The second-order valence-electron chi connectivity index (χ2n) is 6.90. The van der Waals surface area contributed by atoms with Gasteiger partial charge in [0, 0.05) is 25.2 Å². The van der Waals surface area contributed by atoms with Gasteiger partial charge in [-0.3, -0.25) is 9.80 Å². The van der Waals surface area contributed by atoms with E-state index in [0.717, 1.165) is 24.5 Å². The molecule has 3 nitrogen and oxygen atoms in total. The predicted octanol–water partition coefficient (Wildman–Crippen LogP) is 1.67. The van der Waals surface area contributed by atoms with Crippen LogP contribution in [0, 0.1) is 5.92 Å². The zero-order chi connectivity index (χ0) is 12.8. The van der Waals surface area contributed by atoms with Crippen LogP contribution in [-0.4, -0.2) is 53.6 Å². The summed E-state index contributed by atoms with van der Waals surface area (Å²) in [5.74, 6) is 0.770. The Kier molecular flexibility index (Phi) is 3.41. The Labute approximate surface area is 112 Å². The van der Waals surface area contributed by atoms with Crippen molar-refractivity contribution in [2.24, 2.45) is 11.7 Å². The SMILES string of the molecule is CC(C)C1CCCN1C1(CN)CCN2CCCC21. The predicted molar refractivity (Wildman–Crippen MR) is 75.6 cm³/mol. The van der Waals surface area contributed by atoms with Gasteiger partial charge in [0.25, 0.3) is 0 Å². The van der Waals surface area contributed by atoms with E-state index in [-0.39, 0.29) is 0 Å². The molecular formula is C15H29N3. The minimum Gasteiger partial charge on any atom is -0.329 e. The summed E-state index contributed by atoms with van der Waals surface area (Å²) in [7, 11) is 0. The Balaban J connectivity index is 1.87. The lowest BCUT2D eigenvalue weighted by Crippen LogP contribution is -2.62. The molecule has 0 aliphatic carbocycles. The van der Waals surface area contributed by atoms with Crippen LogP contribution in [-0.2, 0) is 0 Å². The normalized spacial score (nSPS) is 42.0. The lowest BCUT2D eigenvalue weighted by molar-refractivity contribution is 0.0372. The summed E-state index contributed by atoms with van der Waals surface area (Å²) in [6.45, 7) is 9.50. The maximum Gasteiger partial charge on any atom is 0.0501 e. The number of nitrogens with zero attached hydrogens (tertiary/aromatic N) is 2. The standard InChI is InChI=1S/C15H29N3/c1-12(2)13-5-3-9-18(13)15(11-16)7-10-17-8-4-6-14(15)17/h12-14H,3-11,16H2,1-2H3.